The summed E-state index contributed by atoms with van der Waals surface area (Å²) in [6, 6.07) is 4.98. The number of benzene rings is 1. The van der Waals surface area contributed by atoms with Crippen LogP contribution in [-0.2, 0) is 18.3 Å². The van der Waals surface area contributed by atoms with Gasteiger partial charge in [0.25, 0.3) is 0 Å². The Morgan fingerprint density at radius 1 is 1.00 bits per heavy atom. The van der Waals surface area contributed by atoms with Crippen molar-refractivity contribution in [2.24, 2.45) is 5.92 Å². The number of hydrogen-bond donors (Lipinski definition) is 0. The fraction of sp³-hybridized carbons (Fsp3) is 0.684. The lowest BCUT2D eigenvalue weighted by Crippen LogP contribution is -2.26. The van der Waals surface area contributed by atoms with Gasteiger partial charge in [-0.2, -0.15) is 0 Å². The maximum Gasteiger partial charge on any atom is -0.00948 e. The smallest absolute Gasteiger partial charge is 0.00948 e. The van der Waals surface area contributed by atoms with Crippen LogP contribution in [0.5, 0.6) is 0 Å². The zero-order valence-electron chi connectivity index (χ0n) is 12.5. The molecule has 1 aromatic rings. The van der Waals surface area contributed by atoms with Crippen LogP contribution in [0.4, 0.5) is 0 Å². The summed E-state index contributed by atoms with van der Waals surface area (Å²) in [4.78, 5) is 0. The van der Waals surface area contributed by atoms with Gasteiger partial charge in [0.1, 0.15) is 0 Å². The Morgan fingerprint density at radius 2 is 1.84 bits per heavy atom. The van der Waals surface area contributed by atoms with Crippen LogP contribution in [0.25, 0.3) is 0 Å². The van der Waals surface area contributed by atoms with Crippen molar-refractivity contribution >= 4 is 0 Å². The number of hydrogen-bond acceptors (Lipinski definition) is 0. The highest BCUT2D eigenvalue weighted by atomic mass is 14.4. The van der Waals surface area contributed by atoms with E-state index >= 15 is 0 Å². The first kappa shape index (κ1) is 12.0. The first-order valence-corrected chi connectivity index (χ1v) is 8.32. The predicted molar refractivity (Wildman–Crippen MR) is 80.8 cm³/mol. The SMILES string of the molecule is CC1(C)CCc2ccc3c(c21)CC[C@H]1CCCC[C@H]31. The minimum absolute atomic E-state index is 0.433. The monoisotopic (exact) mass is 254 g/mol. The van der Waals surface area contributed by atoms with Gasteiger partial charge in [-0.25, -0.2) is 0 Å². The predicted octanol–water partition coefficient (Wildman–Crippen LogP) is 5.13. The Balaban J connectivity index is 1.85. The molecule has 0 unspecified atom stereocenters. The highest BCUT2D eigenvalue weighted by Gasteiger charge is 2.38. The first-order chi connectivity index (χ1) is 9.17. The van der Waals surface area contributed by atoms with Crippen LogP contribution in [0.15, 0.2) is 12.1 Å². The van der Waals surface area contributed by atoms with Gasteiger partial charge in [-0.3, -0.25) is 0 Å². The third-order valence-electron chi connectivity index (χ3n) is 6.21. The average Bonchev–Trinajstić information content (AvgIpc) is 2.74. The van der Waals surface area contributed by atoms with Gasteiger partial charge in [-0.1, -0.05) is 38.8 Å². The van der Waals surface area contributed by atoms with Crippen LogP contribution in [-0.4, -0.2) is 0 Å². The van der Waals surface area contributed by atoms with Gasteiger partial charge in [0.05, 0.1) is 0 Å². The third kappa shape index (κ3) is 1.72. The Kier molecular flexibility index (Phi) is 2.59. The fourth-order valence-corrected chi connectivity index (χ4v) is 5.25. The maximum absolute atomic E-state index is 2.51. The van der Waals surface area contributed by atoms with Gasteiger partial charge < -0.3 is 0 Å². The lowest BCUT2D eigenvalue weighted by Gasteiger charge is -2.39. The average molecular weight is 254 g/mol. The van der Waals surface area contributed by atoms with Crippen LogP contribution in [0.3, 0.4) is 0 Å². The lowest BCUT2D eigenvalue weighted by atomic mass is 9.66. The van der Waals surface area contributed by atoms with Gasteiger partial charge in [-0.15, -0.1) is 0 Å². The molecule has 2 atom stereocenters. The Bertz CT molecular complexity index is 509. The van der Waals surface area contributed by atoms with Crippen molar-refractivity contribution in [1.29, 1.82) is 0 Å². The molecule has 0 nitrogen and oxygen atoms in total. The molecule has 0 N–H and O–H groups in total. The van der Waals surface area contributed by atoms with E-state index in [1.54, 1.807) is 22.3 Å². The molecule has 3 aliphatic carbocycles. The van der Waals surface area contributed by atoms with Gasteiger partial charge >= 0.3 is 0 Å². The summed E-state index contributed by atoms with van der Waals surface area (Å²) in [5.41, 5.74) is 7.39. The molecule has 0 heteroatoms. The van der Waals surface area contributed by atoms with Gasteiger partial charge in [0.2, 0.25) is 0 Å². The lowest BCUT2D eigenvalue weighted by molar-refractivity contribution is 0.274. The highest BCUT2D eigenvalue weighted by molar-refractivity contribution is 5.50. The number of fused-ring (bicyclic) bond motifs is 5. The zero-order chi connectivity index (χ0) is 13.0. The molecule has 0 bridgehead atoms. The van der Waals surface area contributed by atoms with Gasteiger partial charge in [-0.05, 0) is 78.0 Å². The van der Waals surface area contributed by atoms with Crippen LogP contribution in [0.1, 0.15) is 80.5 Å². The van der Waals surface area contributed by atoms with Crippen molar-refractivity contribution in [2.45, 2.75) is 76.5 Å². The van der Waals surface area contributed by atoms with Crippen LogP contribution in [0.2, 0.25) is 0 Å². The first-order valence-electron chi connectivity index (χ1n) is 8.32. The second kappa shape index (κ2) is 4.11. The molecular weight excluding hydrogens is 228 g/mol. The normalized spacial score (nSPS) is 31.5. The van der Waals surface area contributed by atoms with Crippen molar-refractivity contribution in [3.05, 3.63) is 34.4 Å². The molecule has 0 aromatic heterocycles. The summed E-state index contributed by atoms with van der Waals surface area (Å²) in [7, 11) is 0. The Hall–Kier alpha value is -0.780. The summed E-state index contributed by atoms with van der Waals surface area (Å²) in [5, 5.41) is 0. The van der Waals surface area contributed by atoms with E-state index in [4.69, 9.17) is 0 Å². The molecule has 0 radical (unpaired) electrons. The Labute approximate surface area is 117 Å². The maximum atomic E-state index is 2.51. The molecule has 19 heavy (non-hydrogen) atoms. The molecule has 0 aliphatic heterocycles. The van der Waals surface area contributed by atoms with Crippen LogP contribution in [0, 0.1) is 5.92 Å². The van der Waals surface area contributed by atoms with Crippen molar-refractivity contribution in [2.75, 3.05) is 0 Å². The topological polar surface area (TPSA) is 0 Å². The van der Waals surface area contributed by atoms with E-state index in [2.05, 4.69) is 26.0 Å². The summed E-state index contributed by atoms with van der Waals surface area (Å²) in [5.74, 6) is 1.91. The van der Waals surface area contributed by atoms with E-state index in [1.165, 1.54) is 51.4 Å². The molecule has 3 aliphatic rings. The van der Waals surface area contributed by atoms with Crippen LogP contribution < -0.4 is 0 Å². The van der Waals surface area contributed by atoms with Crippen molar-refractivity contribution in [3.8, 4) is 0 Å². The molecule has 0 heterocycles. The highest BCUT2D eigenvalue weighted by Crippen LogP contribution is 2.50. The molecule has 4 rings (SSSR count). The van der Waals surface area contributed by atoms with Crippen LogP contribution >= 0.6 is 0 Å². The van der Waals surface area contributed by atoms with Gasteiger partial charge in [0.15, 0.2) is 0 Å². The van der Waals surface area contributed by atoms with E-state index in [0.29, 0.717) is 5.41 Å². The number of aryl methyl sites for hydroxylation is 1. The van der Waals surface area contributed by atoms with E-state index < -0.39 is 0 Å². The second-order valence-electron chi connectivity index (χ2n) is 7.74. The van der Waals surface area contributed by atoms with E-state index in [0.717, 1.165) is 11.8 Å². The minimum Gasteiger partial charge on any atom is -0.0584 e. The molecule has 0 spiro atoms. The molecule has 0 saturated heterocycles. The van der Waals surface area contributed by atoms with Crippen molar-refractivity contribution in [1.82, 2.24) is 0 Å². The van der Waals surface area contributed by atoms with Gasteiger partial charge in [0, 0.05) is 0 Å². The number of rotatable bonds is 0. The standard InChI is InChI=1S/C19H26/c1-19(2)12-11-14-8-9-16-15-6-4-3-5-13(15)7-10-17(16)18(14)19/h8-9,13,15H,3-7,10-12H2,1-2H3/t13-,15+/m1/s1. The van der Waals surface area contributed by atoms with Crippen molar-refractivity contribution in [3.63, 3.8) is 0 Å². The molecule has 0 amide bonds. The van der Waals surface area contributed by atoms with Crippen molar-refractivity contribution < 1.29 is 0 Å². The minimum atomic E-state index is 0.433. The second-order valence-corrected chi connectivity index (χ2v) is 7.74. The summed E-state index contributed by atoms with van der Waals surface area (Å²) >= 11 is 0. The summed E-state index contributed by atoms with van der Waals surface area (Å²) in [6.45, 7) is 4.93. The summed E-state index contributed by atoms with van der Waals surface area (Å²) in [6.07, 6.45) is 11.4. The van der Waals surface area contributed by atoms with E-state index in [9.17, 15) is 0 Å². The largest absolute Gasteiger partial charge is 0.0584 e. The molecule has 1 aromatic carbocycles. The van der Waals surface area contributed by atoms with E-state index in [-0.39, 0.29) is 0 Å². The quantitative estimate of drug-likeness (QED) is 0.602. The molecule has 102 valence electrons. The third-order valence-corrected chi connectivity index (χ3v) is 6.21. The van der Waals surface area contributed by atoms with E-state index in [1.807, 2.05) is 0 Å². The zero-order valence-corrected chi connectivity index (χ0v) is 12.5. The molecule has 1 fully saturated rings. The molecular formula is C19H26. The fourth-order valence-electron chi connectivity index (χ4n) is 5.25. The summed E-state index contributed by atoms with van der Waals surface area (Å²) < 4.78 is 0. The molecule has 1 saturated carbocycles. The Morgan fingerprint density at radius 3 is 2.74 bits per heavy atom.